The van der Waals surface area contributed by atoms with Crippen LogP contribution in [0.4, 0.5) is 0 Å². The monoisotopic (exact) mass is 612 g/mol. The predicted octanol–water partition coefficient (Wildman–Crippen LogP) is 2.42. The van der Waals surface area contributed by atoms with Crippen LogP contribution in [-0.2, 0) is 33.3 Å². The Hall–Kier alpha value is -1.60. The van der Waals surface area contributed by atoms with Gasteiger partial charge in [-0.3, -0.25) is 9.59 Å². The molecule has 43 heavy (non-hydrogen) atoms. The Morgan fingerprint density at radius 2 is 1.81 bits per heavy atom. The molecule has 4 rings (SSSR count). The van der Waals surface area contributed by atoms with Gasteiger partial charge in [0.15, 0.2) is 12.1 Å². The summed E-state index contributed by atoms with van der Waals surface area (Å²) in [5, 5.41) is 26.6. The first-order valence-corrected chi connectivity index (χ1v) is 15.8. The van der Waals surface area contributed by atoms with Crippen molar-refractivity contribution in [3.63, 3.8) is 0 Å². The van der Waals surface area contributed by atoms with Crippen molar-refractivity contribution in [2.24, 2.45) is 17.8 Å². The Morgan fingerprint density at radius 3 is 2.44 bits per heavy atom. The van der Waals surface area contributed by atoms with Gasteiger partial charge < -0.3 is 44.1 Å². The summed E-state index contributed by atoms with van der Waals surface area (Å²) in [4.78, 5) is 29.4. The molecule has 0 aliphatic carbocycles. The molecule has 0 aromatic rings. The molecule has 1 unspecified atom stereocenters. The highest BCUT2D eigenvalue weighted by Gasteiger charge is 2.51. The molecule has 2 saturated heterocycles. The molecule has 11 heteroatoms. The highest BCUT2D eigenvalue weighted by Crippen LogP contribution is 2.37. The van der Waals surface area contributed by atoms with E-state index in [9.17, 15) is 19.8 Å². The maximum atomic E-state index is 14.0. The fourth-order valence-corrected chi connectivity index (χ4v) is 6.99. The van der Waals surface area contributed by atoms with Crippen molar-refractivity contribution in [2.75, 3.05) is 27.2 Å². The summed E-state index contributed by atoms with van der Waals surface area (Å²) in [5.41, 5.74) is -2.60. The van der Waals surface area contributed by atoms with E-state index in [4.69, 9.17) is 23.7 Å². The largest absolute Gasteiger partial charge is 0.493 e. The lowest BCUT2D eigenvalue weighted by molar-refractivity contribution is -0.296. The molecule has 0 aromatic heterocycles. The minimum Gasteiger partial charge on any atom is -0.493 e. The second-order valence-corrected chi connectivity index (χ2v) is 13.7. The summed E-state index contributed by atoms with van der Waals surface area (Å²) >= 11 is 0. The van der Waals surface area contributed by atoms with Gasteiger partial charge in [-0.05, 0) is 86.5 Å². The van der Waals surface area contributed by atoms with E-state index in [1.165, 1.54) is 13.2 Å². The molecule has 13 atom stereocenters. The van der Waals surface area contributed by atoms with Crippen molar-refractivity contribution in [3.05, 3.63) is 12.3 Å². The van der Waals surface area contributed by atoms with Crippen LogP contribution < -0.4 is 5.32 Å². The number of carbonyl (C=O) groups excluding carboxylic acids is 2. The molecule has 248 valence electrons. The summed E-state index contributed by atoms with van der Waals surface area (Å²) in [5.74, 6) is -3.03. The Morgan fingerprint density at radius 1 is 1.14 bits per heavy atom. The standard InChI is InChI=1S/C32H56N2O9/c1-11-24-32(8,38)28-22(6)33-17-18(2)16-31(7,40-14-12-13-39-28)27(20(4)25(35)21(5)29(37)42-24)43-30-26(36)23(34(9)10)15-19(3)41-30/h12-13,18-24,26-28,30,33,36,38H,11,14-17H2,1-10H3/b13-12+/t18-,19-,20+,21?,22-,23+,24-,26-,27-,28+,30+,31-,32-/m1/s1. The Labute approximate surface area is 257 Å². The van der Waals surface area contributed by atoms with E-state index in [-0.39, 0.29) is 36.5 Å². The average Bonchev–Trinajstić information content (AvgIpc) is 2.93. The topological polar surface area (TPSA) is 136 Å². The first-order valence-electron chi connectivity index (χ1n) is 15.8. The first-order chi connectivity index (χ1) is 20.0. The molecule has 0 spiro atoms. The van der Waals surface area contributed by atoms with E-state index in [0.29, 0.717) is 25.8 Å². The number of fused-ring (bicyclic) bond motifs is 14. The summed E-state index contributed by atoms with van der Waals surface area (Å²) in [6, 6.07) is -0.524. The third kappa shape index (κ3) is 8.17. The lowest BCUT2D eigenvalue weighted by atomic mass is 9.78. The van der Waals surface area contributed by atoms with Gasteiger partial charge in [0, 0.05) is 18.0 Å². The Kier molecular flexibility index (Phi) is 12.2. The van der Waals surface area contributed by atoms with Crippen molar-refractivity contribution in [1.29, 1.82) is 0 Å². The molecule has 4 heterocycles. The van der Waals surface area contributed by atoms with Crippen molar-refractivity contribution < 1.29 is 43.5 Å². The number of hydrogen-bond donors (Lipinski definition) is 3. The molecule has 2 fully saturated rings. The van der Waals surface area contributed by atoms with Crippen LogP contribution >= 0.6 is 0 Å². The molecule has 0 aromatic carbocycles. The van der Waals surface area contributed by atoms with Gasteiger partial charge in [-0.1, -0.05) is 20.8 Å². The van der Waals surface area contributed by atoms with Crippen molar-refractivity contribution in [3.8, 4) is 0 Å². The number of Topliss-reactive ketones (excluding diaryl/α,β-unsaturated/α-hetero) is 1. The number of likely N-dealkylation sites (N-methyl/N-ethyl adjacent to an activating group) is 1. The number of rotatable bonds is 4. The van der Waals surface area contributed by atoms with Gasteiger partial charge in [-0.15, -0.1) is 0 Å². The minimum atomic E-state index is -1.57. The van der Waals surface area contributed by atoms with Crippen LogP contribution in [0, 0.1) is 17.8 Å². The van der Waals surface area contributed by atoms with Crippen LogP contribution in [0.2, 0.25) is 0 Å². The maximum Gasteiger partial charge on any atom is 0.316 e. The Balaban J connectivity index is 2.13. The normalized spacial score (nSPS) is 46.5. The predicted molar refractivity (Wildman–Crippen MR) is 161 cm³/mol. The number of ether oxygens (including phenoxy) is 5. The SMILES string of the molecule is CC[C@H]1OC(=O)C(C)C(=O)[C@H](C)[C@@H](O[C@@H]2O[C@H](C)C[C@H](N(C)C)[C@H]2O)[C@@]2(C)C[C@@H](C)CN[C@H](C)[C@H](O/C=C/CO2)[C@]1(C)O. The molecular weight excluding hydrogens is 556 g/mol. The van der Waals surface area contributed by atoms with E-state index in [2.05, 4.69) is 12.2 Å². The molecule has 4 aliphatic rings. The number of carbonyl (C=O) groups is 2. The lowest BCUT2D eigenvalue weighted by Crippen LogP contribution is -2.59. The third-order valence-electron chi connectivity index (χ3n) is 9.53. The molecule has 3 N–H and O–H groups in total. The first kappa shape index (κ1) is 35.9. The van der Waals surface area contributed by atoms with Crippen LogP contribution in [0.15, 0.2) is 12.3 Å². The third-order valence-corrected chi connectivity index (χ3v) is 9.53. The number of aliphatic hydroxyl groups is 2. The second-order valence-electron chi connectivity index (χ2n) is 13.7. The van der Waals surface area contributed by atoms with Gasteiger partial charge in [0.25, 0.3) is 0 Å². The molecule has 0 amide bonds. The number of nitrogens with one attached hydrogen (secondary N) is 1. The fraction of sp³-hybridized carbons (Fsp3) is 0.875. The number of esters is 1. The van der Waals surface area contributed by atoms with E-state index >= 15 is 0 Å². The highest BCUT2D eigenvalue weighted by molar-refractivity contribution is 6.00. The molecule has 0 saturated carbocycles. The highest BCUT2D eigenvalue weighted by atomic mass is 16.7. The molecule has 2 bridgehead atoms. The fourth-order valence-electron chi connectivity index (χ4n) is 6.99. The van der Waals surface area contributed by atoms with Gasteiger partial charge in [-0.2, -0.15) is 0 Å². The van der Waals surface area contributed by atoms with Gasteiger partial charge in [0.1, 0.15) is 29.8 Å². The number of hydrogen-bond acceptors (Lipinski definition) is 11. The van der Waals surface area contributed by atoms with E-state index < -0.39 is 59.7 Å². The van der Waals surface area contributed by atoms with Gasteiger partial charge in [0.05, 0.1) is 30.7 Å². The van der Waals surface area contributed by atoms with Crippen LogP contribution in [0.25, 0.3) is 0 Å². The lowest BCUT2D eigenvalue weighted by Gasteiger charge is -2.47. The molecular formula is C32H56N2O9. The van der Waals surface area contributed by atoms with Crippen molar-refractivity contribution in [2.45, 2.75) is 135 Å². The van der Waals surface area contributed by atoms with Crippen LogP contribution in [-0.4, -0.2) is 114 Å². The number of nitrogens with zero attached hydrogens (tertiary/aromatic N) is 1. The Bertz CT molecular complexity index is 974. The smallest absolute Gasteiger partial charge is 0.316 e. The van der Waals surface area contributed by atoms with Gasteiger partial charge in [-0.25, -0.2) is 0 Å². The maximum absolute atomic E-state index is 14.0. The summed E-state index contributed by atoms with van der Waals surface area (Å²) in [6.07, 6.45) is -0.0991. The molecule has 4 aliphatic heterocycles. The van der Waals surface area contributed by atoms with Crippen molar-refractivity contribution >= 4 is 11.8 Å². The zero-order valence-corrected chi connectivity index (χ0v) is 27.7. The zero-order chi connectivity index (χ0) is 32.3. The van der Waals surface area contributed by atoms with Crippen molar-refractivity contribution in [1.82, 2.24) is 10.2 Å². The summed E-state index contributed by atoms with van der Waals surface area (Å²) < 4.78 is 31.2. The molecule has 11 nitrogen and oxygen atoms in total. The van der Waals surface area contributed by atoms with Gasteiger partial charge in [0.2, 0.25) is 0 Å². The summed E-state index contributed by atoms with van der Waals surface area (Å²) in [6.45, 7) is 15.2. The number of aliphatic hydroxyl groups excluding tert-OH is 1. The van der Waals surface area contributed by atoms with E-state index in [0.717, 1.165) is 0 Å². The minimum absolute atomic E-state index is 0.0444. The van der Waals surface area contributed by atoms with E-state index in [1.807, 2.05) is 46.7 Å². The average molecular weight is 613 g/mol. The van der Waals surface area contributed by atoms with Crippen LogP contribution in [0.3, 0.4) is 0 Å². The van der Waals surface area contributed by atoms with Gasteiger partial charge >= 0.3 is 5.97 Å². The van der Waals surface area contributed by atoms with E-state index in [1.54, 1.807) is 19.9 Å². The zero-order valence-electron chi connectivity index (χ0n) is 27.7. The number of ketones is 1. The summed E-state index contributed by atoms with van der Waals surface area (Å²) in [7, 11) is 3.80. The second kappa shape index (κ2) is 14.7. The molecule has 0 radical (unpaired) electrons. The quantitative estimate of drug-likeness (QED) is 0.319. The van der Waals surface area contributed by atoms with Crippen LogP contribution in [0.1, 0.15) is 74.7 Å². The van der Waals surface area contributed by atoms with Crippen LogP contribution in [0.5, 0.6) is 0 Å².